The summed E-state index contributed by atoms with van der Waals surface area (Å²) in [5.41, 5.74) is 0. The molecule has 0 amide bonds. The molecule has 0 fully saturated rings. The molecule has 15 heavy (non-hydrogen) atoms. The van der Waals surface area contributed by atoms with E-state index in [2.05, 4.69) is 10.3 Å². The van der Waals surface area contributed by atoms with Crippen LogP contribution in [0.2, 0.25) is 0 Å². The molecule has 1 aromatic rings. The summed E-state index contributed by atoms with van der Waals surface area (Å²) >= 11 is 0. The average molecular weight is 221 g/mol. The SMILES string of the molecule is CCNc1nccn1CCCC(F)(F)F. The van der Waals surface area contributed by atoms with Crippen LogP contribution in [0.3, 0.4) is 0 Å². The van der Waals surface area contributed by atoms with Gasteiger partial charge >= 0.3 is 6.18 Å². The first-order chi connectivity index (χ1) is 7.03. The van der Waals surface area contributed by atoms with Crippen molar-refractivity contribution in [2.75, 3.05) is 11.9 Å². The number of halogens is 3. The highest BCUT2D eigenvalue weighted by molar-refractivity contribution is 5.25. The molecule has 0 saturated heterocycles. The molecule has 0 aromatic carbocycles. The predicted octanol–water partition coefficient (Wildman–Crippen LogP) is 2.66. The van der Waals surface area contributed by atoms with Crippen molar-refractivity contribution >= 4 is 5.95 Å². The number of hydrogen-bond acceptors (Lipinski definition) is 2. The standard InChI is InChI=1S/C9H14F3N3/c1-2-13-8-14-5-7-15(8)6-3-4-9(10,11)12/h5,7H,2-4,6H2,1H3,(H,13,14). The van der Waals surface area contributed by atoms with Gasteiger partial charge in [-0.1, -0.05) is 0 Å². The second-order valence-corrected chi connectivity index (χ2v) is 3.19. The van der Waals surface area contributed by atoms with Gasteiger partial charge in [-0.2, -0.15) is 13.2 Å². The summed E-state index contributed by atoms with van der Waals surface area (Å²) in [6.45, 7) is 2.95. The number of anilines is 1. The van der Waals surface area contributed by atoms with Crippen LogP contribution in [-0.2, 0) is 6.54 Å². The highest BCUT2D eigenvalue weighted by atomic mass is 19.4. The van der Waals surface area contributed by atoms with Crippen molar-refractivity contribution in [3.8, 4) is 0 Å². The maximum Gasteiger partial charge on any atom is 0.389 e. The minimum Gasteiger partial charge on any atom is -0.356 e. The predicted molar refractivity (Wildman–Crippen MR) is 51.7 cm³/mol. The van der Waals surface area contributed by atoms with E-state index in [1.54, 1.807) is 17.0 Å². The lowest BCUT2D eigenvalue weighted by Crippen LogP contribution is -2.11. The van der Waals surface area contributed by atoms with Gasteiger partial charge in [-0.15, -0.1) is 0 Å². The zero-order valence-electron chi connectivity index (χ0n) is 8.51. The van der Waals surface area contributed by atoms with Crippen LogP contribution in [0.25, 0.3) is 0 Å². The third-order valence-corrected chi connectivity index (χ3v) is 1.91. The smallest absolute Gasteiger partial charge is 0.356 e. The lowest BCUT2D eigenvalue weighted by Gasteiger charge is -2.09. The molecule has 0 aliphatic carbocycles. The van der Waals surface area contributed by atoms with Gasteiger partial charge in [-0.3, -0.25) is 0 Å². The summed E-state index contributed by atoms with van der Waals surface area (Å²) in [7, 11) is 0. The van der Waals surface area contributed by atoms with E-state index >= 15 is 0 Å². The zero-order chi connectivity index (χ0) is 11.3. The van der Waals surface area contributed by atoms with Crippen LogP contribution in [-0.4, -0.2) is 22.3 Å². The molecule has 0 spiro atoms. The van der Waals surface area contributed by atoms with Gasteiger partial charge in [0.15, 0.2) is 0 Å². The fourth-order valence-electron chi connectivity index (χ4n) is 1.26. The van der Waals surface area contributed by atoms with Gasteiger partial charge in [0.2, 0.25) is 5.95 Å². The molecule has 6 heteroatoms. The molecule has 1 aromatic heterocycles. The molecule has 0 atom stereocenters. The Kier molecular flexibility index (Phi) is 3.99. The first kappa shape index (κ1) is 11.9. The minimum absolute atomic E-state index is 0.0816. The first-order valence-corrected chi connectivity index (χ1v) is 4.84. The van der Waals surface area contributed by atoms with Crippen molar-refractivity contribution in [3.05, 3.63) is 12.4 Å². The van der Waals surface area contributed by atoms with Gasteiger partial charge in [0.1, 0.15) is 0 Å². The van der Waals surface area contributed by atoms with Gasteiger partial charge in [0.25, 0.3) is 0 Å². The van der Waals surface area contributed by atoms with E-state index < -0.39 is 12.6 Å². The first-order valence-electron chi connectivity index (χ1n) is 4.84. The van der Waals surface area contributed by atoms with Gasteiger partial charge in [-0.25, -0.2) is 4.98 Å². The molecular weight excluding hydrogens is 207 g/mol. The molecule has 0 saturated carbocycles. The summed E-state index contributed by atoms with van der Waals surface area (Å²) in [6.07, 6.45) is -1.49. The molecule has 3 nitrogen and oxygen atoms in total. The summed E-state index contributed by atoms with van der Waals surface area (Å²) in [4.78, 5) is 3.99. The molecule has 1 N–H and O–H groups in total. The highest BCUT2D eigenvalue weighted by Crippen LogP contribution is 2.22. The summed E-state index contributed by atoms with van der Waals surface area (Å²) < 4.78 is 37.4. The van der Waals surface area contributed by atoms with Crippen molar-refractivity contribution in [2.45, 2.75) is 32.5 Å². The Hall–Kier alpha value is -1.20. The summed E-state index contributed by atoms with van der Waals surface area (Å²) in [5, 5.41) is 2.97. The normalized spacial score (nSPS) is 11.7. The van der Waals surface area contributed by atoms with Crippen molar-refractivity contribution in [1.82, 2.24) is 9.55 Å². The molecule has 1 heterocycles. The number of imidazole rings is 1. The van der Waals surface area contributed by atoms with Gasteiger partial charge < -0.3 is 9.88 Å². The van der Waals surface area contributed by atoms with E-state index in [1.807, 2.05) is 6.92 Å². The van der Waals surface area contributed by atoms with Crippen LogP contribution in [0.4, 0.5) is 19.1 Å². The van der Waals surface area contributed by atoms with Crippen molar-refractivity contribution in [2.24, 2.45) is 0 Å². The largest absolute Gasteiger partial charge is 0.389 e. The van der Waals surface area contributed by atoms with Gasteiger partial charge in [-0.05, 0) is 13.3 Å². The van der Waals surface area contributed by atoms with Crippen LogP contribution < -0.4 is 5.32 Å². The topological polar surface area (TPSA) is 29.9 Å². The number of hydrogen-bond donors (Lipinski definition) is 1. The zero-order valence-corrected chi connectivity index (χ0v) is 8.51. The number of alkyl halides is 3. The van der Waals surface area contributed by atoms with Crippen LogP contribution in [0.15, 0.2) is 12.4 Å². The summed E-state index contributed by atoms with van der Waals surface area (Å²) in [6, 6.07) is 0. The Bertz CT molecular complexity index is 293. The van der Waals surface area contributed by atoms with Gasteiger partial charge in [0.05, 0.1) is 0 Å². The van der Waals surface area contributed by atoms with E-state index in [1.165, 1.54) is 0 Å². The van der Waals surface area contributed by atoms with E-state index in [4.69, 9.17) is 0 Å². The highest BCUT2D eigenvalue weighted by Gasteiger charge is 2.26. The van der Waals surface area contributed by atoms with Crippen LogP contribution >= 0.6 is 0 Å². The average Bonchev–Trinajstić information content (AvgIpc) is 2.51. The third kappa shape index (κ3) is 4.22. The van der Waals surface area contributed by atoms with Crippen LogP contribution in [0, 0.1) is 0 Å². The van der Waals surface area contributed by atoms with Crippen LogP contribution in [0.5, 0.6) is 0 Å². The molecule has 1 rings (SSSR count). The van der Waals surface area contributed by atoms with Gasteiger partial charge in [0, 0.05) is 31.9 Å². The lowest BCUT2D eigenvalue weighted by molar-refractivity contribution is -0.135. The quantitative estimate of drug-likeness (QED) is 0.828. The maximum absolute atomic E-state index is 11.9. The molecule has 0 aliphatic rings. The summed E-state index contributed by atoms with van der Waals surface area (Å²) in [5.74, 6) is 0.625. The van der Waals surface area contributed by atoms with E-state index in [0.29, 0.717) is 19.0 Å². The monoisotopic (exact) mass is 221 g/mol. The fourth-order valence-corrected chi connectivity index (χ4v) is 1.26. The number of rotatable bonds is 5. The molecule has 86 valence electrons. The Labute approximate surface area is 86.3 Å². The van der Waals surface area contributed by atoms with E-state index in [0.717, 1.165) is 0 Å². The molecule has 0 unspecified atom stereocenters. The number of aryl methyl sites for hydroxylation is 1. The Morgan fingerprint density at radius 1 is 1.47 bits per heavy atom. The molecule has 0 radical (unpaired) electrons. The van der Waals surface area contributed by atoms with Crippen molar-refractivity contribution < 1.29 is 13.2 Å². The molecular formula is C9H14F3N3. The van der Waals surface area contributed by atoms with E-state index in [9.17, 15) is 13.2 Å². The Morgan fingerprint density at radius 2 is 2.20 bits per heavy atom. The molecule has 0 bridgehead atoms. The number of nitrogens with zero attached hydrogens (tertiary/aromatic N) is 2. The minimum atomic E-state index is -4.07. The van der Waals surface area contributed by atoms with Crippen LogP contribution in [0.1, 0.15) is 19.8 Å². The van der Waals surface area contributed by atoms with Crippen molar-refractivity contribution in [1.29, 1.82) is 0 Å². The second kappa shape index (κ2) is 5.04. The Balaban J connectivity index is 2.40. The third-order valence-electron chi connectivity index (χ3n) is 1.91. The second-order valence-electron chi connectivity index (χ2n) is 3.19. The molecule has 0 aliphatic heterocycles. The number of nitrogens with one attached hydrogen (secondary N) is 1. The maximum atomic E-state index is 11.9. The van der Waals surface area contributed by atoms with E-state index in [-0.39, 0.29) is 6.42 Å². The Morgan fingerprint density at radius 3 is 2.80 bits per heavy atom. The lowest BCUT2D eigenvalue weighted by atomic mass is 10.3. The number of aromatic nitrogens is 2. The fraction of sp³-hybridized carbons (Fsp3) is 0.667. The van der Waals surface area contributed by atoms with Crippen molar-refractivity contribution in [3.63, 3.8) is 0 Å².